The molecule has 0 aliphatic heterocycles. The molecule has 1 aliphatic rings. The Morgan fingerprint density at radius 3 is 1.30 bits per heavy atom. The van der Waals surface area contributed by atoms with Crippen molar-refractivity contribution >= 4 is 82.6 Å². The minimum atomic E-state index is -1.68. The molecule has 0 aromatic heterocycles. The summed E-state index contributed by atoms with van der Waals surface area (Å²) in [5.74, 6) is -16.6. The number of aliphatic carboxylic acids is 4. The predicted octanol–water partition coefficient (Wildman–Crippen LogP) is -3.08. The summed E-state index contributed by atoms with van der Waals surface area (Å²) >= 11 is 0.793. The summed E-state index contributed by atoms with van der Waals surface area (Å²) in [4.78, 5) is 122. The maximum Gasteiger partial charge on any atom is 0.322 e. The maximum absolute atomic E-state index is 14.0. The van der Waals surface area contributed by atoms with Crippen LogP contribution in [0.2, 0.25) is 0 Å². The van der Waals surface area contributed by atoms with E-state index in [1.54, 1.807) is 0 Å². The molecule has 0 unspecified atom stereocenters. The van der Waals surface area contributed by atoms with Crippen molar-refractivity contribution in [2.75, 3.05) is 24.6 Å². The quantitative estimate of drug-likeness (QED) is 0.0407. The Labute approximate surface area is 323 Å². The zero-order chi connectivity index (χ0) is 42.6. The van der Waals surface area contributed by atoms with Gasteiger partial charge in [0.1, 0.15) is 43.0 Å². The van der Waals surface area contributed by atoms with Crippen molar-refractivity contribution in [1.29, 1.82) is 0 Å². The number of phenolic OH excluding ortho intramolecular Hbond substituents is 3. The highest BCUT2D eigenvalue weighted by molar-refractivity contribution is 8.08. The van der Waals surface area contributed by atoms with Crippen LogP contribution in [0.1, 0.15) is 52.0 Å². The van der Waals surface area contributed by atoms with E-state index >= 15 is 0 Å². The number of fused-ring (bicyclic) bond motifs is 1. The first-order valence-corrected chi connectivity index (χ1v) is 18.0. The standard InChI is InChI=1S/C31H38N6O17S2/c1-10-21(44)19-20(23(46)22(10)45)25(48)27(56-9-14(29(50)35-7-18(42)43)37-16(39)5-3-12(33)31(53)54)26(24(19)47)55-8-13(28(49)34-6-17(40)41)36-15(38)4-2-11(32)30(51)52/h11-14,44-46H,2-9,32-33H2,1H3,(H,34,49)(H,35,50)(H,36,38)(H,37,39)(H,40,41)(H,42,43)(H,51,52)(H,53,54)/t11-,12-,13-,14-/m0/s1. The van der Waals surface area contributed by atoms with Crippen molar-refractivity contribution in [2.45, 2.75) is 56.8 Å². The Balaban J connectivity index is 2.60. The second-order valence-corrected chi connectivity index (χ2v) is 13.8. The van der Waals surface area contributed by atoms with Crippen LogP contribution < -0.4 is 32.7 Å². The first-order valence-electron chi connectivity index (χ1n) is 16.0. The number of hydrogen-bond acceptors (Lipinski definition) is 17. The lowest BCUT2D eigenvalue weighted by atomic mass is 9.90. The Morgan fingerprint density at radius 2 is 0.964 bits per heavy atom. The Hall–Kier alpha value is -5.92. The van der Waals surface area contributed by atoms with Gasteiger partial charge >= 0.3 is 23.9 Å². The Kier molecular flexibility index (Phi) is 17.1. The van der Waals surface area contributed by atoms with Crippen molar-refractivity contribution in [3.8, 4) is 17.2 Å². The fourth-order valence-corrected chi connectivity index (χ4v) is 7.00. The van der Waals surface area contributed by atoms with Gasteiger partial charge in [0.25, 0.3) is 0 Å². The van der Waals surface area contributed by atoms with Gasteiger partial charge in [-0.2, -0.15) is 0 Å². The van der Waals surface area contributed by atoms with Crippen LogP contribution in [-0.4, -0.2) is 144 Å². The molecule has 4 amide bonds. The average molecular weight is 831 g/mol. The normalized spacial score (nSPS) is 14.4. The predicted molar refractivity (Wildman–Crippen MR) is 192 cm³/mol. The van der Waals surface area contributed by atoms with Crippen LogP contribution in [0.25, 0.3) is 0 Å². The smallest absolute Gasteiger partial charge is 0.322 e. The van der Waals surface area contributed by atoms with Gasteiger partial charge in [-0.15, -0.1) is 23.5 Å². The highest BCUT2D eigenvalue weighted by Crippen LogP contribution is 2.49. The van der Waals surface area contributed by atoms with Crippen molar-refractivity contribution in [2.24, 2.45) is 11.5 Å². The summed E-state index contributed by atoms with van der Waals surface area (Å²) in [5.41, 5.74) is 8.76. The maximum atomic E-state index is 14.0. The second-order valence-electron chi connectivity index (χ2n) is 11.8. The summed E-state index contributed by atoms with van der Waals surface area (Å²) < 4.78 is 0. The number of ketones is 2. The summed E-state index contributed by atoms with van der Waals surface area (Å²) in [6.07, 6.45) is -1.82. The first-order chi connectivity index (χ1) is 26.1. The van der Waals surface area contributed by atoms with Gasteiger partial charge in [-0.1, -0.05) is 0 Å². The van der Waals surface area contributed by atoms with Crippen LogP contribution >= 0.6 is 23.5 Å². The number of phenols is 3. The molecule has 15 N–H and O–H groups in total. The SMILES string of the molecule is Cc1c(O)c(O)c2c(c1O)C(=O)C(SC[C@H](NC(=O)CC[C@H](N)C(=O)O)C(=O)NCC(=O)O)=C(SC[C@H](NC(=O)CC[C@H](N)C(=O)O)C(=O)NCC(=O)O)C2=O. The van der Waals surface area contributed by atoms with Crippen molar-refractivity contribution in [1.82, 2.24) is 21.3 Å². The molecule has 2 rings (SSSR count). The third-order valence-corrected chi connectivity index (χ3v) is 10.1. The number of carboxylic acid groups (broad SMARTS) is 4. The largest absolute Gasteiger partial charge is 0.507 e. The number of carbonyl (C=O) groups excluding carboxylic acids is 6. The monoisotopic (exact) mass is 830 g/mol. The van der Waals surface area contributed by atoms with Crippen molar-refractivity contribution in [3.63, 3.8) is 0 Å². The summed E-state index contributed by atoms with van der Waals surface area (Å²) in [6, 6.07) is -6.28. The van der Waals surface area contributed by atoms with E-state index in [0.717, 1.165) is 6.92 Å². The molecule has 0 radical (unpaired) electrons. The lowest BCUT2D eigenvalue weighted by molar-refractivity contribution is -0.140. The minimum absolute atomic E-state index is 0.382. The fourth-order valence-electron chi connectivity index (χ4n) is 4.59. The summed E-state index contributed by atoms with van der Waals surface area (Å²) in [7, 11) is 0. The van der Waals surface area contributed by atoms with Gasteiger partial charge < -0.3 is 68.5 Å². The summed E-state index contributed by atoms with van der Waals surface area (Å²) in [6.45, 7) is -0.757. The molecular weight excluding hydrogens is 792 g/mol. The zero-order valence-corrected chi connectivity index (χ0v) is 30.8. The molecule has 56 heavy (non-hydrogen) atoms. The van der Waals surface area contributed by atoms with E-state index < -0.39 is 164 Å². The van der Waals surface area contributed by atoms with E-state index in [9.17, 15) is 63.3 Å². The number of amides is 4. The van der Waals surface area contributed by atoms with E-state index in [4.69, 9.17) is 31.9 Å². The third-order valence-electron chi connectivity index (χ3n) is 7.65. The molecule has 0 saturated carbocycles. The fraction of sp³-hybridized carbons (Fsp3) is 0.419. The third kappa shape index (κ3) is 12.6. The van der Waals surface area contributed by atoms with Crippen LogP contribution in [0.15, 0.2) is 9.81 Å². The number of carbonyl (C=O) groups is 10. The molecule has 306 valence electrons. The average Bonchev–Trinajstić information content (AvgIpc) is 3.13. The number of nitrogens with one attached hydrogen (secondary N) is 4. The Morgan fingerprint density at radius 1 is 0.607 bits per heavy atom. The topological polar surface area (TPSA) is 412 Å². The first kappa shape index (κ1) is 46.2. The van der Waals surface area contributed by atoms with Gasteiger partial charge in [-0.05, 0) is 19.8 Å². The molecule has 1 aromatic rings. The highest BCUT2D eigenvalue weighted by atomic mass is 32.2. The summed E-state index contributed by atoms with van der Waals surface area (Å²) in [5, 5.41) is 76.5. The van der Waals surface area contributed by atoms with Crippen molar-refractivity contribution < 1.29 is 83.7 Å². The molecule has 1 aromatic carbocycles. The number of carboxylic acids is 4. The molecule has 0 bridgehead atoms. The molecule has 0 spiro atoms. The molecule has 0 saturated heterocycles. The minimum Gasteiger partial charge on any atom is -0.507 e. The lowest BCUT2D eigenvalue weighted by Crippen LogP contribution is -2.50. The Bertz CT molecular complexity index is 1720. The van der Waals surface area contributed by atoms with E-state index in [1.165, 1.54) is 0 Å². The molecular formula is C31H38N6O17S2. The highest BCUT2D eigenvalue weighted by Gasteiger charge is 2.41. The number of nitrogens with two attached hydrogens (primary N) is 2. The lowest BCUT2D eigenvalue weighted by Gasteiger charge is -2.25. The van der Waals surface area contributed by atoms with Gasteiger partial charge in [-0.25, -0.2) is 0 Å². The van der Waals surface area contributed by atoms with Gasteiger partial charge in [0.05, 0.1) is 20.9 Å². The number of Topliss-reactive ketones (excluding diaryl/α,β-unsaturated/α-hetero) is 2. The van der Waals surface area contributed by atoms with Crippen molar-refractivity contribution in [3.05, 3.63) is 26.5 Å². The van der Waals surface area contributed by atoms with Crippen LogP contribution in [0, 0.1) is 6.92 Å². The van der Waals surface area contributed by atoms with Crippen LogP contribution in [0.5, 0.6) is 17.2 Å². The molecule has 0 fully saturated rings. The van der Waals surface area contributed by atoms with Gasteiger partial charge in [0.15, 0.2) is 11.5 Å². The number of allylic oxidation sites excluding steroid dienone is 2. The van der Waals surface area contributed by atoms with Gasteiger partial charge in [0.2, 0.25) is 35.2 Å². The molecule has 4 atom stereocenters. The molecule has 0 heterocycles. The van der Waals surface area contributed by atoms with Crippen LogP contribution in [-0.2, 0) is 38.4 Å². The zero-order valence-electron chi connectivity index (χ0n) is 29.2. The number of hydrogen-bond donors (Lipinski definition) is 13. The van der Waals surface area contributed by atoms with Gasteiger partial charge in [-0.3, -0.25) is 47.9 Å². The van der Waals surface area contributed by atoms with Gasteiger partial charge in [0, 0.05) is 29.9 Å². The second kappa shape index (κ2) is 20.7. The number of rotatable bonds is 22. The number of thioether (sulfide) groups is 2. The van der Waals surface area contributed by atoms with E-state index in [1.807, 2.05) is 10.6 Å². The van der Waals surface area contributed by atoms with E-state index in [0.29, 0.717) is 23.5 Å². The van der Waals surface area contributed by atoms with Crippen LogP contribution in [0.4, 0.5) is 0 Å². The van der Waals surface area contributed by atoms with Crippen LogP contribution in [0.3, 0.4) is 0 Å². The molecule has 23 nitrogen and oxygen atoms in total. The number of benzene rings is 1. The molecule has 1 aliphatic carbocycles. The number of aromatic hydroxyl groups is 3. The molecule has 25 heteroatoms. The van der Waals surface area contributed by atoms with E-state index in [-0.39, 0.29) is 12.8 Å². The van der Waals surface area contributed by atoms with E-state index in [2.05, 4.69) is 10.6 Å².